The highest BCUT2D eigenvalue weighted by atomic mass is 19.4. The van der Waals surface area contributed by atoms with Crippen molar-refractivity contribution in [3.05, 3.63) is 58.9 Å². The molecule has 1 aliphatic heterocycles. The molecule has 0 aliphatic carbocycles. The molecule has 0 atom stereocenters. The van der Waals surface area contributed by atoms with E-state index in [9.17, 15) is 18.0 Å². The van der Waals surface area contributed by atoms with Crippen molar-refractivity contribution >= 4 is 17.3 Å². The van der Waals surface area contributed by atoms with E-state index in [1.807, 2.05) is 11.0 Å². The normalized spacial score (nSPS) is 15.8. The van der Waals surface area contributed by atoms with Crippen LogP contribution in [0.2, 0.25) is 0 Å². The molecule has 0 radical (unpaired) electrons. The Labute approximate surface area is 157 Å². The molecule has 1 aliphatic rings. The Morgan fingerprint density at radius 1 is 1.11 bits per heavy atom. The monoisotopic (exact) mass is 390 g/mol. The molecule has 0 unspecified atom stereocenters. The fourth-order valence-electron chi connectivity index (χ4n) is 3.26. The Morgan fingerprint density at radius 2 is 1.89 bits per heavy atom. The predicted molar refractivity (Wildman–Crippen MR) is 97.4 cm³/mol. The number of anilines is 2. The van der Waals surface area contributed by atoms with Crippen molar-refractivity contribution in [3.8, 4) is 0 Å². The summed E-state index contributed by atoms with van der Waals surface area (Å²) in [6, 6.07) is 7.75. The van der Waals surface area contributed by atoms with Gasteiger partial charge < -0.3 is 10.2 Å². The highest BCUT2D eigenvalue weighted by Crippen LogP contribution is 2.28. The van der Waals surface area contributed by atoms with Crippen molar-refractivity contribution in [2.75, 3.05) is 23.3 Å². The van der Waals surface area contributed by atoms with Gasteiger partial charge >= 0.3 is 6.18 Å². The number of pyridine rings is 1. The van der Waals surface area contributed by atoms with Crippen molar-refractivity contribution in [2.45, 2.75) is 25.1 Å². The molecule has 3 aromatic rings. The summed E-state index contributed by atoms with van der Waals surface area (Å²) in [6.07, 6.45) is -0.560. The molecule has 0 amide bonds. The van der Waals surface area contributed by atoms with Crippen molar-refractivity contribution in [2.24, 2.45) is 0 Å². The highest BCUT2D eigenvalue weighted by molar-refractivity contribution is 5.48. The third-order valence-electron chi connectivity index (χ3n) is 4.69. The molecule has 0 aromatic carbocycles. The molecule has 28 heavy (non-hydrogen) atoms. The quantitative estimate of drug-likeness (QED) is 0.741. The Hall–Kier alpha value is -3.17. The lowest BCUT2D eigenvalue weighted by Gasteiger charge is -2.33. The van der Waals surface area contributed by atoms with E-state index in [0.29, 0.717) is 37.4 Å². The number of halogens is 3. The van der Waals surface area contributed by atoms with Crippen LogP contribution in [0, 0.1) is 0 Å². The van der Waals surface area contributed by atoms with Crippen molar-refractivity contribution < 1.29 is 13.2 Å². The van der Waals surface area contributed by atoms with Crippen molar-refractivity contribution in [1.82, 2.24) is 19.4 Å². The van der Waals surface area contributed by atoms with Gasteiger partial charge in [-0.2, -0.15) is 13.2 Å². The summed E-state index contributed by atoms with van der Waals surface area (Å²) in [5, 5.41) is 3.04. The summed E-state index contributed by atoms with van der Waals surface area (Å²) < 4.78 is 39.8. The maximum atomic E-state index is 12.8. The maximum absolute atomic E-state index is 12.8. The standard InChI is InChI=1S/C18H17F3N6O/c19-18(20,21)13-9-14(23-11-22-13)24-12-4-7-26(8-5-12)16-10-17(28)27-6-2-1-3-15(27)25-16/h1-3,6,9-12H,4-5,7-8H2,(H,22,23,24). The second-order valence-corrected chi connectivity index (χ2v) is 6.57. The number of aromatic nitrogens is 4. The summed E-state index contributed by atoms with van der Waals surface area (Å²) in [6.45, 7) is 1.26. The molecule has 3 aromatic heterocycles. The van der Waals surface area contributed by atoms with Gasteiger partial charge in [0.25, 0.3) is 5.56 Å². The van der Waals surface area contributed by atoms with Gasteiger partial charge in [0.2, 0.25) is 0 Å². The molecule has 4 rings (SSSR count). The smallest absolute Gasteiger partial charge is 0.367 e. The number of hydrogen-bond acceptors (Lipinski definition) is 6. The van der Waals surface area contributed by atoms with E-state index in [4.69, 9.17) is 0 Å². The average molecular weight is 390 g/mol. The zero-order chi connectivity index (χ0) is 19.7. The van der Waals surface area contributed by atoms with Gasteiger partial charge in [-0.3, -0.25) is 9.20 Å². The van der Waals surface area contributed by atoms with Crippen LogP contribution in [0.15, 0.2) is 47.7 Å². The Bertz CT molecular complexity index is 1040. The number of fused-ring (bicyclic) bond motifs is 1. The van der Waals surface area contributed by atoms with E-state index in [-0.39, 0.29) is 17.4 Å². The van der Waals surface area contributed by atoms with Gasteiger partial charge in [-0.05, 0) is 25.0 Å². The molecular formula is C18H17F3N6O. The van der Waals surface area contributed by atoms with E-state index >= 15 is 0 Å². The zero-order valence-electron chi connectivity index (χ0n) is 14.7. The van der Waals surface area contributed by atoms with Crippen LogP contribution in [0.1, 0.15) is 18.5 Å². The number of alkyl halides is 3. The second kappa shape index (κ2) is 7.10. The first-order valence-electron chi connectivity index (χ1n) is 8.79. The van der Waals surface area contributed by atoms with E-state index in [0.717, 1.165) is 12.4 Å². The van der Waals surface area contributed by atoms with Crippen LogP contribution in [0.3, 0.4) is 0 Å². The van der Waals surface area contributed by atoms with Crippen LogP contribution >= 0.6 is 0 Å². The SMILES string of the molecule is O=c1cc(N2CCC(Nc3cc(C(F)(F)F)ncn3)CC2)nc2ccccn12. The number of piperidine rings is 1. The summed E-state index contributed by atoms with van der Waals surface area (Å²) in [5.74, 6) is 0.763. The number of hydrogen-bond donors (Lipinski definition) is 1. The minimum atomic E-state index is -4.50. The summed E-state index contributed by atoms with van der Waals surface area (Å²) in [4.78, 5) is 25.9. The molecule has 1 saturated heterocycles. The number of rotatable bonds is 3. The lowest BCUT2D eigenvalue weighted by Crippen LogP contribution is -2.40. The zero-order valence-corrected chi connectivity index (χ0v) is 14.7. The van der Waals surface area contributed by atoms with Gasteiger partial charge in [0.1, 0.15) is 29.3 Å². The summed E-state index contributed by atoms with van der Waals surface area (Å²) >= 11 is 0. The summed E-state index contributed by atoms with van der Waals surface area (Å²) in [7, 11) is 0. The van der Waals surface area contributed by atoms with Gasteiger partial charge in [0.15, 0.2) is 0 Å². The van der Waals surface area contributed by atoms with Crippen molar-refractivity contribution in [3.63, 3.8) is 0 Å². The van der Waals surface area contributed by atoms with Crippen LogP contribution in [0.4, 0.5) is 24.8 Å². The summed E-state index contributed by atoms with van der Waals surface area (Å²) in [5.41, 5.74) is -0.546. The molecule has 10 heteroatoms. The Balaban J connectivity index is 1.43. The first-order valence-corrected chi connectivity index (χ1v) is 8.79. The number of nitrogens with one attached hydrogen (secondary N) is 1. The van der Waals surface area contributed by atoms with Gasteiger partial charge in [0.05, 0.1) is 0 Å². The van der Waals surface area contributed by atoms with E-state index in [2.05, 4.69) is 20.3 Å². The molecule has 7 nitrogen and oxygen atoms in total. The Morgan fingerprint density at radius 3 is 2.64 bits per heavy atom. The third-order valence-corrected chi connectivity index (χ3v) is 4.69. The number of nitrogens with zero attached hydrogens (tertiary/aromatic N) is 5. The van der Waals surface area contributed by atoms with Gasteiger partial charge in [0, 0.05) is 37.5 Å². The van der Waals surface area contributed by atoms with Crippen LogP contribution in [-0.4, -0.2) is 38.5 Å². The highest BCUT2D eigenvalue weighted by Gasteiger charge is 2.33. The molecule has 0 spiro atoms. The van der Waals surface area contributed by atoms with Crippen LogP contribution in [-0.2, 0) is 6.18 Å². The van der Waals surface area contributed by atoms with E-state index in [1.54, 1.807) is 18.3 Å². The second-order valence-electron chi connectivity index (χ2n) is 6.57. The molecule has 0 bridgehead atoms. The minimum Gasteiger partial charge on any atom is -0.367 e. The lowest BCUT2D eigenvalue weighted by molar-refractivity contribution is -0.141. The van der Waals surface area contributed by atoms with Gasteiger partial charge in [-0.25, -0.2) is 15.0 Å². The first-order chi connectivity index (χ1) is 13.4. The third kappa shape index (κ3) is 3.75. The predicted octanol–water partition coefficient (Wildman–Crippen LogP) is 2.58. The topological polar surface area (TPSA) is 75.4 Å². The molecule has 1 N–H and O–H groups in total. The van der Waals surface area contributed by atoms with Crippen LogP contribution in [0.5, 0.6) is 0 Å². The largest absolute Gasteiger partial charge is 0.433 e. The lowest BCUT2D eigenvalue weighted by atomic mass is 10.1. The molecule has 0 saturated carbocycles. The van der Waals surface area contributed by atoms with Crippen molar-refractivity contribution in [1.29, 1.82) is 0 Å². The molecule has 146 valence electrons. The van der Waals surface area contributed by atoms with E-state index in [1.165, 1.54) is 10.5 Å². The molecular weight excluding hydrogens is 373 g/mol. The van der Waals surface area contributed by atoms with Gasteiger partial charge in [-0.15, -0.1) is 0 Å². The van der Waals surface area contributed by atoms with E-state index < -0.39 is 11.9 Å². The molecule has 1 fully saturated rings. The van der Waals surface area contributed by atoms with Crippen LogP contribution in [0.25, 0.3) is 5.65 Å². The fraction of sp³-hybridized carbons (Fsp3) is 0.333. The Kier molecular flexibility index (Phi) is 4.62. The fourth-order valence-corrected chi connectivity index (χ4v) is 3.26. The average Bonchev–Trinajstić information content (AvgIpc) is 2.68. The first kappa shape index (κ1) is 18.2. The maximum Gasteiger partial charge on any atom is 0.433 e. The minimum absolute atomic E-state index is 0.0196. The van der Waals surface area contributed by atoms with Crippen LogP contribution < -0.4 is 15.8 Å². The van der Waals surface area contributed by atoms with Gasteiger partial charge in [-0.1, -0.05) is 6.07 Å². The molecule has 4 heterocycles.